The van der Waals surface area contributed by atoms with E-state index >= 15 is 0 Å². The molecule has 8 nitrogen and oxygen atoms in total. The highest BCUT2D eigenvalue weighted by Crippen LogP contribution is 2.36. The third-order valence-corrected chi connectivity index (χ3v) is 3.09. The van der Waals surface area contributed by atoms with Gasteiger partial charge in [-0.3, -0.25) is 0 Å². The summed E-state index contributed by atoms with van der Waals surface area (Å²) in [5.74, 6) is -3.40. The third kappa shape index (κ3) is 2.09. The number of rotatable bonds is 2. The van der Waals surface area contributed by atoms with Gasteiger partial charge in [0, 0.05) is 6.20 Å². The summed E-state index contributed by atoms with van der Waals surface area (Å²) in [6, 6.07) is 0. The number of halogens is 2. The maximum absolute atomic E-state index is 14.6. The minimum atomic E-state index is -3.09. The second-order valence-corrected chi connectivity index (χ2v) is 4.42. The number of nitrogens with zero attached hydrogens (tertiary/aromatic N) is 2. The van der Waals surface area contributed by atoms with Crippen LogP contribution in [0.15, 0.2) is 11.0 Å². The fourth-order valence-corrected chi connectivity index (χ4v) is 1.91. The molecule has 2 heterocycles. The topological polar surface area (TPSA) is 131 Å². The Balaban J connectivity index is 2.52. The molecule has 0 bridgehead atoms. The summed E-state index contributed by atoms with van der Waals surface area (Å²) < 4.78 is 19.5. The van der Waals surface area contributed by atoms with Gasteiger partial charge in [0.15, 0.2) is 6.10 Å². The normalized spacial score (nSPS) is 34.7. The molecule has 0 radical (unpaired) electrons. The molecule has 1 aliphatic rings. The first-order chi connectivity index (χ1) is 8.81. The summed E-state index contributed by atoms with van der Waals surface area (Å²) in [6.07, 6.45) is -4.40. The number of hydrogen-bond donors (Lipinski definition) is 4. The van der Waals surface area contributed by atoms with E-state index in [1.807, 2.05) is 0 Å². The lowest BCUT2D eigenvalue weighted by Crippen LogP contribution is -2.47. The Bertz CT molecular complexity index is 555. The van der Waals surface area contributed by atoms with Crippen molar-refractivity contribution in [2.24, 2.45) is 0 Å². The predicted octanol–water partition coefficient (Wildman–Crippen LogP) is -1.83. The molecule has 0 saturated carbocycles. The summed E-state index contributed by atoms with van der Waals surface area (Å²) in [6.45, 7) is -0.741. The Morgan fingerprint density at radius 1 is 1.63 bits per heavy atom. The van der Waals surface area contributed by atoms with Crippen LogP contribution in [0.1, 0.15) is 0 Å². The van der Waals surface area contributed by atoms with Crippen molar-refractivity contribution in [2.75, 3.05) is 12.3 Å². The molecule has 19 heavy (non-hydrogen) atoms. The Labute approximate surface area is 110 Å². The van der Waals surface area contributed by atoms with Crippen molar-refractivity contribution in [3.63, 3.8) is 0 Å². The van der Waals surface area contributed by atoms with E-state index in [0.29, 0.717) is 0 Å². The summed E-state index contributed by atoms with van der Waals surface area (Å²) in [4.78, 5) is 14.8. The fourth-order valence-electron chi connectivity index (χ4n) is 1.77. The number of aliphatic hydroxyl groups excluding tert-OH is 3. The minimum Gasteiger partial charge on any atom is -0.394 e. The maximum Gasteiger partial charge on any atom is 0.354 e. The van der Waals surface area contributed by atoms with Gasteiger partial charge in [-0.05, 0) is 0 Å². The first-order valence-electron chi connectivity index (χ1n) is 5.20. The predicted molar refractivity (Wildman–Crippen MR) is 61.0 cm³/mol. The highest BCUT2D eigenvalue weighted by atomic mass is 35.5. The number of nitrogens with two attached hydrogens (primary N) is 1. The van der Waals surface area contributed by atoms with E-state index in [4.69, 9.17) is 27.2 Å². The van der Waals surface area contributed by atoms with Crippen LogP contribution in [0.3, 0.4) is 0 Å². The Morgan fingerprint density at radius 3 is 2.79 bits per heavy atom. The van der Waals surface area contributed by atoms with Gasteiger partial charge in [0.1, 0.15) is 18.0 Å². The van der Waals surface area contributed by atoms with Gasteiger partial charge in [-0.2, -0.15) is 9.37 Å². The van der Waals surface area contributed by atoms with E-state index in [-0.39, 0.29) is 15.4 Å². The van der Waals surface area contributed by atoms with Crippen LogP contribution in [0, 0.1) is 0 Å². The van der Waals surface area contributed by atoms with Gasteiger partial charge in [0.05, 0.1) is 11.6 Å². The van der Waals surface area contributed by atoms with Crippen LogP contribution in [-0.4, -0.2) is 49.8 Å². The summed E-state index contributed by atoms with van der Waals surface area (Å²) in [7, 11) is 0. The smallest absolute Gasteiger partial charge is 0.354 e. The summed E-state index contributed by atoms with van der Waals surface area (Å²) >= 11 is 5.62. The largest absolute Gasteiger partial charge is 0.394 e. The molecular formula is C9H11ClFN3O5. The Kier molecular flexibility index (Phi) is 3.49. The second-order valence-electron chi connectivity index (χ2n) is 4.01. The maximum atomic E-state index is 14.6. The SMILES string of the molecule is Nc1nc(=O)n([C@]2(F)O[C@H](CO)[C@@H](O)[C@H]2O)cc1Cl. The van der Waals surface area contributed by atoms with Crippen molar-refractivity contribution in [3.05, 3.63) is 21.7 Å². The number of alkyl halides is 1. The van der Waals surface area contributed by atoms with Crippen LogP contribution >= 0.6 is 11.6 Å². The Hall–Kier alpha value is -1.26. The van der Waals surface area contributed by atoms with Crippen molar-refractivity contribution in [1.82, 2.24) is 9.55 Å². The summed E-state index contributed by atoms with van der Waals surface area (Å²) in [5.41, 5.74) is 4.12. The first kappa shape index (κ1) is 14.2. The molecule has 1 aromatic heterocycles. The lowest BCUT2D eigenvalue weighted by Gasteiger charge is -2.25. The molecule has 106 valence electrons. The van der Waals surface area contributed by atoms with Gasteiger partial charge < -0.3 is 25.8 Å². The minimum absolute atomic E-state index is 0.227. The molecule has 1 saturated heterocycles. The highest BCUT2D eigenvalue weighted by molar-refractivity contribution is 6.32. The molecule has 1 aliphatic heterocycles. The number of aliphatic hydroxyl groups is 3. The lowest BCUT2D eigenvalue weighted by molar-refractivity contribution is -0.239. The van der Waals surface area contributed by atoms with Gasteiger partial charge >= 0.3 is 11.7 Å². The van der Waals surface area contributed by atoms with Crippen molar-refractivity contribution < 1.29 is 24.4 Å². The zero-order chi connectivity index (χ0) is 14.4. The second kappa shape index (κ2) is 4.69. The monoisotopic (exact) mass is 295 g/mol. The zero-order valence-corrected chi connectivity index (χ0v) is 10.2. The summed E-state index contributed by atoms with van der Waals surface area (Å²) in [5, 5.41) is 27.8. The molecule has 0 aromatic carbocycles. The molecule has 5 N–H and O–H groups in total. The lowest BCUT2D eigenvalue weighted by atomic mass is 10.1. The molecule has 1 fully saturated rings. The number of ether oxygens (including phenoxy) is 1. The molecule has 0 spiro atoms. The van der Waals surface area contributed by atoms with Crippen molar-refractivity contribution >= 4 is 17.4 Å². The molecular weight excluding hydrogens is 285 g/mol. The molecule has 2 rings (SSSR count). The van der Waals surface area contributed by atoms with Gasteiger partial charge in [0.25, 0.3) is 0 Å². The van der Waals surface area contributed by atoms with E-state index in [1.165, 1.54) is 0 Å². The fraction of sp³-hybridized carbons (Fsp3) is 0.556. The molecule has 0 amide bonds. The quantitative estimate of drug-likeness (QED) is 0.505. The van der Waals surface area contributed by atoms with E-state index in [2.05, 4.69) is 4.98 Å². The van der Waals surface area contributed by atoms with Crippen molar-refractivity contribution in [2.45, 2.75) is 24.3 Å². The molecule has 0 unspecified atom stereocenters. The van der Waals surface area contributed by atoms with Crippen LogP contribution in [0.4, 0.5) is 10.2 Å². The molecule has 10 heteroatoms. The highest BCUT2D eigenvalue weighted by Gasteiger charge is 2.57. The van der Waals surface area contributed by atoms with Crippen LogP contribution < -0.4 is 11.4 Å². The van der Waals surface area contributed by atoms with Crippen LogP contribution in [0.25, 0.3) is 0 Å². The standard InChI is InChI=1S/C9H11ClFN3O5/c10-3-1-14(8(18)13-7(3)12)9(11)6(17)5(16)4(2-15)19-9/h1,4-6,15-17H,2H2,(H2,12,13,18)/t4-,5-,6-,9+/m1/s1. The van der Waals surface area contributed by atoms with E-state index in [1.54, 1.807) is 0 Å². The average molecular weight is 296 g/mol. The van der Waals surface area contributed by atoms with Gasteiger partial charge in [-0.25, -0.2) is 9.36 Å². The van der Waals surface area contributed by atoms with E-state index < -0.39 is 36.6 Å². The van der Waals surface area contributed by atoms with Gasteiger partial charge in [0.2, 0.25) is 0 Å². The van der Waals surface area contributed by atoms with Crippen molar-refractivity contribution in [3.8, 4) is 0 Å². The van der Waals surface area contributed by atoms with Crippen molar-refractivity contribution in [1.29, 1.82) is 0 Å². The van der Waals surface area contributed by atoms with Gasteiger partial charge in [-0.1, -0.05) is 11.6 Å². The van der Waals surface area contributed by atoms with Crippen LogP contribution in [0.2, 0.25) is 5.02 Å². The average Bonchev–Trinajstić information content (AvgIpc) is 2.59. The van der Waals surface area contributed by atoms with E-state index in [0.717, 1.165) is 6.20 Å². The Morgan fingerprint density at radius 2 is 2.26 bits per heavy atom. The number of anilines is 1. The van der Waals surface area contributed by atoms with Crippen LogP contribution in [0.5, 0.6) is 0 Å². The zero-order valence-electron chi connectivity index (χ0n) is 9.40. The number of hydrogen-bond acceptors (Lipinski definition) is 7. The molecule has 1 aromatic rings. The number of aromatic nitrogens is 2. The van der Waals surface area contributed by atoms with E-state index in [9.17, 15) is 19.4 Å². The molecule has 4 atom stereocenters. The van der Waals surface area contributed by atoms with Gasteiger partial charge in [-0.15, -0.1) is 0 Å². The van der Waals surface area contributed by atoms with Crippen LogP contribution in [-0.2, 0) is 10.7 Å². The third-order valence-electron chi connectivity index (χ3n) is 2.80. The first-order valence-corrected chi connectivity index (χ1v) is 5.58. The number of nitrogen functional groups attached to an aromatic ring is 1. The molecule has 0 aliphatic carbocycles.